The Morgan fingerprint density at radius 3 is 0.568 bits per heavy atom. The zero-order valence-corrected chi connectivity index (χ0v) is 29.6. The SMILES string of the molecule is CC(C)c1cc2c(O)c(c1)Sc1cc(C(C)C)cc(c1O)Sc1cc(C(C)C)cc(c1O)Sc1cc(C(C)C)cc(c1O)S2. The summed E-state index contributed by atoms with van der Waals surface area (Å²) < 4.78 is 0. The van der Waals surface area contributed by atoms with Crippen LogP contribution in [0.5, 0.6) is 23.0 Å². The van der Waals surface area contributed by atoms with E-state index in [9.17, 15) is 20.4 Å². The molecule has 4 aromatic rings. The topological polar surface area (TPSA) is 80.9 Å². The van der Waals surface area contributed by atoms with Crippen LogP contribution in [-0.4, -0.2) is 20.4 Å². The normalized spacial score (nSPS) is 13.4. The van der Waals surface area contributed by atoms with Crippen LogP contribution in [0.4, 0.5) is 0 Å². The molecule has 0 saturated heterocycles. The van der Waals surface area contributed by atoms with E-state index in [1.165, 1.54) is 47.0 Å². The first-order valence-corrected chi connectivity index (χ1v) is 18.2. The van der Waals surface area contributed by atoms with Crippen LogP contribution < -0.4 is 0 Å². The molecule has 0 aromatic heterocycles. The van der Waals surface area contributed by atoms with Gasteiger partial charge >= 0.3 is 0 Å². The molecule has 44 heavy (non-hydrogen) atoms. The Morgan fingerprint density at radius 2 is 0.455 bits per heavy atom. The second kappa shape index (κ2) is 13.1. The molecule has 0 unspecified atom stereocenters. The Bertz CT molecular complexity index is 1380. The van der Waals surface area contributed by atoms with Gasteiger partial charge in [0.05, 0.1) is 39.2 Å². The summed E-state index contributed by atoms with van der Waals surface area (Å²) in [7, 11) is 0. The van der Waals surface area contributed by atoms with E-state index in [0.29, 0.717) is 39.2 Å². The van der Waals surface area contributed by atoms with Gasteiger partial charge in [0.1, 0.15) is 23.0 Å². The molecule has 232 valence electrons. The van der Waals surface area contributed by atoms with Gasteiger partial charge in [-0.25, -0.2) is 0 Å². The number of benzene rings is 4. The summed E-state index contributed by atoms with van der Waals surface area (Å²) in [6, 6.07) is 15.9. The number of hydrogen-bond acceptors (Lipinski definition) is 8. The monoisotopic (exact) mass is 664 g/mol. The number of phenolic OH excluding ortho intramolecular Hbond substituents is 4. The molecule has 0 radical (unpaired) electrons. The number of aromatic hydroxyl groups is 4. The zero-order valence-electron chi connectivity index (χ0n) is 26.4. The molecule has 5 rings (SSSR count). The van der Waals surface area contributed by atoms with E-state index >= 15 is 0 Å². The van der Waals surface area contributed by atoms with Crippen molar-refractivity contribution in [2.45, 2.75) is 118 Å². The summed E-state index contributed by atoms with van der Waals surface area (Å²) in [4.78, 5) is 5.10. The van der Waals surface area contributed by atoms with Crippen molar-refractivity contribution in [1.29, 1.82) is 0 Å². The van der Waals surface area contributed by atoms with Crippen LogP contribution in [0.15, 0.2) is 87.7 Å². The van der Waals surface area contributed by atoms with Crippen molar-refractivity contribution in [3.8, 4) is 23.0 Å². The van der Waals surface area contributed by atoms with Crippen molar-refractivity contribution in [1.82, 2.24) is 0 Å². The maximum absolute atomic E-state index is 11.6. The summed E-state index contributed by atoms with van der Waals surface area (Å²) in [5.74, 6) is 1.28. The summed E-state index contributed by atoms with van der Waals surface area (Å²) in [6.07, 6.45) is 0. The van der Waals surface area contributed by atoms with E-state index in [1.54, 1.807) is 0 Å². The lowest BCUT2D eigenvalue weighted by atomic mass is 10.0. The average Bonchev–Trinajstić information content (AvgIpc) is 2.95. The predicted molar refractivity (Wildman–Crippen MR) is 185 cm³/mol. The van der Waals surface area contributed by atoms with Crippen LogP contribution in [0.1, 0.15) is 101 Å². The molecule has 4 nitrogen and oxygen atoms in total. The fourth-order valence-corrected chi connectivity index (χ4v) is 9.26. The van der Waals surface area contributed by atoms with Crippen molar-refractivity contribution in [2.75, 3.05) is 0 Å². The molecule has 0 aliphatic carbocycles. The molecule has 8 bridgehead atoms. The standard InChI is InChI=1S/C36H40O4S4/c1-17(2)21-9-25-33(37)26(10-21)42-28-12-23(19(5)6)14-30(35(28)39)44-32-16-24(20(7)8)15-31(36(32)40)43-29-13-22(18(3)4)11-27(41-25)34(29)38/h9-20,37-40H,1-8H3. The molecule has 8 heteroatoms. The summed E-state index contributed by atoms with van der Waals surface area (Å²) in [5, 5.41) is 46.6. The van der Waals surface area contributed by atoms with Crippen molar-refractivity contribution < 1.29 is 20.4 Å². The van der Waals surface area contributed by atoms with E-state index in [1.807, 2.05) is 48.5 Å². The predicted octanol–water partition coefficient (Wildman–Crippen LogP) is 11.9. The van der Waals surface area contributed by atoms with Gasteiger partial charge in [0.2, 0.25) is 0 Å². The van der Waals surface area contributed by atoms with Gasteiger partial charge in [-0.15, -0.1) is 0 Å². The fourth-order valence-electron chi connectivity index (χ4n) is 4.84. The number of hydrogen-bond donors (Lipinski definition) is 4. The highest BCUT2D eigenvalue weighted by molar-refractivity contribution is 8.01. The highest BCUT2D eigenvalue weighted by Gasteiger charge is 2.24. The summed E-state index contributed by atoms with van der Waals surface area (Å²) in [5.41, 5.74) is 4.22. The molecule has 0 amide bonds. The smallest absolute Gasteiger partial charge is 0.143 e. The van der Waals surface area contributed by atoms with Gasteiger partial charge < -0.3 is 20.4 Å². The molecule has 0 atom stereocenters. The van der Waals surface area contributed by atoms with E-state index in [2.05, 4.69) is 55.4 Å². The van der Waals surface area contributed by atoms with E-state index in [-0.39, 0.29) is 46.7 Å². The lowest BCUT2D eigenvalue weighted by Crippen LogP contribution is -1.95. The van der Waals surface area contributed by atoms with E-state index in [4.69, 9.17) is 0 Å². The quantitative estimate of drug-likeness (QED) is 0.151. The molecule has 0 saturated carbocycles. The molecule has 0 spiro atoms. The minimum Gasteiger partial charge on any atom is -0.506 e. The van der Waals surface area contributed by atoms with Gasteiger partial charge in [-0.05, 0) is 94.5 Å². The zero-order chi connectivity index (χ0) is 32.0. The summed E-state index contributed by atoms with van der Waals surface area (Å²) >= 11 is 5.35. The van der Waals surface area contributed by atoms with E-state index in [0.717, 1.165) is 22.3 Å². The Balaban J connectivity index is 1.84. The van der Waals surface area contributed by atoms with Gasteiger partial charge in [-0.2, -0.15) is 0 Å². The van der Waals surface area contributed by atoms with Crippen molar-refractivity contribution in [3.05, 3.63) is 70.8 Å². The molecule has 4 aromatic carbocycles. The Hall–Kier alpha value is -2.52. The first-order valence-electron chi connectivity index (χ1n) is 14.9. The molecule has 0 fully saturated rings. The van der Waals surface area contributed by atoms with Crippen LogP contribution >= 0.6 is 47.0 Å². The molecule has 1 aliphatic heterocycles. The second-order valence-corrected chi connectivity index (χ2v) is 16.8. The number of rotatable bonds is 4. The van der Waals surface area contributed by atoms with Crippen LogP contribution in [0.2, 0.25) is 0 Å². The molecular weight excluding hydrogens is 625 g/mol. The van der Waals surface area contributed by atoms with Crippen molar-refractivity contribution in [3.63, 3.8) is 0 Å². The maximum Gasteiger partial charge on any atom is 0.143 e. The Labute approximate surface area is 278 Å². The van der Waals surface area contributed by atoms with Crippen LogP contribution in [0.3, 0.4) is 0 Å². The molecular formula is C36H40O4S4. The molecule has 4 N–H and O–H groups in total. The minimum atomic E-state index is 0.119. The van der Waals surface area contributed by atoms with Gasteiger partial charge in [0.25, 0.3) is 0 Å². The van der Waals surface area contributed by atoms with Gasteiger partial charge in [-0.3, -0.25) is 0 Å². The lowest BCUT2D eigenvalue weighted by molar-refractivity contribution is 0.443. The van der Waals surface area contributed by atoms with E-state index < -0.39 is 0 Å². The third kappa shape index (κ3) is 6.69. The van der Waals surface area contributed by atoms with Crippen molar-refractivity contribution >= 4 is 47.0 Å². The first kappa shape index (κ1) is 32.9. The van der Waals surface area contributed by atoms with Gasteiger partial charge in [-0.1, -0.05) is 102 Å². The number of fused-ring (bicyclic) bond motifs is 8. The van der Waals surface area contributed by atoms with Crippen LogP contribution in [0.25, 0.3) is 0 Å². The highest BCUT2D eigenvalue weighted by atomic mass is 32.2. The third-order valence-corrected chi connectivity index (χ3v) is 12.0. The second-order valence-electron chi connectivity index (χ2n) is 12.5. The largest absolute Gasteiger partial charge is 0.506 e. The van der Waals surface area contributed by atoms with Gasteiger partial charge in [0.15, 0.2) is 0 Å². The maximum atomic E-state index is 11.6. The molecule has 1 heterocycles. The highest BCUT2D eigenvalue weighted by Crippen LogP contribution is 2.54. The lowest BCUT2D eigenvalue weighted by Gasteiger charge is -2.20. The summed E-state index contributed by atoms with van der Waals surface area (Å²) in [6.45, 7) is 16.9. The van der Waals surface area contributed by atoms with Crippen LogP contribution in [-0.2, 0) is 0 Å². The minimum absolute atomic E-state index is 0.119. The molecule has 1 aliphatic rings. The fraction of sp³-hybridized carbons (Fsp3) is 0.333. The Kier molecular flexibility index (Phi) is 9.76. The van der Waals surface area contributed by atoms with Crippen LogP contribution in [0, 0.1) is 0 Å². The van der Waals surface area contributed by atoms with Gasteiger partial charge in [0, 0.05) is 0 Å². The average molecular weight is 665 g/mol. The Morgan fingerprint density at radius 1 is 0.318 bits per heavy atom. The first-order chi connectivity index (χ1) is 20.7. The third-order valence-electron chi connectivity index (χ3n) is 7.80. The van der Waals surface area contributed by atoms with Crippen molar-refractivity contribution in [2.24, 2.45) is 0 Å². The number of phenols is 4.